The van der Waals surface area contributed by atoms with E-state index in [1.54, 1.807) is 0 Å². The Balaban J connectivity index is 1.64. The molecule has 2 N–H and O–H groups in total. The summed E-state index contributed by atoms with van der Waals surface area (Å²) in [7, 11) is 0. The lowest BCUT2D eigenvalue weighted by Crippen LogP contribution is -2.22. The number of fused-ring (bicyclic) bond motifs is 1. The molecule has 3 rings (SSSR count). The van der Waals surface area contributed by atoms with Crippen molar-refractivity contribution >= 4 is 5.69 Å². The van der Waals surface area contributed by atoms with Crippen LogP contribution in [0.3, 0.4) is 0 Å². The Bertz CT molecular complexity index is 570. The highest BCUT2D eigenvalue weighted by Gasteiger charge is 2.22. The van der Waals surface area contributed by atoms with Crippen molar-refractivity contribution in [3.05, 3.63) is 53.6 Å². The number of anilines is 1. The quantitative estimate of drug-likeness (QED) is 0.858. The first-order valence-corrected chi connectivity index (χ1v) is 6.46. The molecule has 0 saturated carbocycles. The maximum atomic E-state index is 5.86. The molecule has 0 saturated heterocycles. The second-order valence-corrected chi connectivity index (χ2v) is 4.83. The van der Waals surface area contributed by atoms with Crippen molar-refractivity contribution in [2.24, 2.45) is 0 Å². The van der Waals surface area contributed by atoms with E-state index in [2.05, 4.69) is 6.07 Å². The largest absolute Gasteiger partial charge is 0.489 e. The van der Waals surface area contributed by atoms with Crippen LogP contribution < -0.4 is 15.2 Å². The minimum Gasteiger partial charge on any atom is -0.489 e. The molecule has 1 heterocycles. The van der Waals surface area contributed by atoms with Crippen LogP contribution in [0, 0.1) is 6.92 Å². The molecule has 1 atom stereocenters. The minimum absolute atomic E-state index is 0.0817. The van der Waals surface area contributed by atoms with Gasteiger partial charge in [-0.15, -0.1) is 0 Å². The highest BCUT2D eigenvalue weighted by atomic mass is 16.5. The zero-order valence-corrected chi connectivity index (χ0v) is 10.9. The highest BCUT2D eigenvalue weighted by molar-refractivity contribution is 5.53. The van der Waals surface area contributed by atoms with Crippen molar-refractivity contribution in [1.82, 2.24) is 0 Å². The molecule has 2 aromatic rings. The number of para-hydroxylation sites is 1. The summed E-state index contributed by atoms with van der Waals surface area (Å²) in [6.45, 7) is 2.51. The van der Waals surface area contributed by atoms with Crippen LogP contribution in [0.2, 0.25) is 0 Å². The van der Waals surface area contributed by atoms with E-state index in [0.717, 1.165) is 29.2 Å². The molecular weight excluding hydrogens is 238 g/mol. The molecule has 2 aromatic carbocycles. The number of hydrogen-bond donors (Lipinski definition) is 1. The summed E-state index contributed by atoms with van der Waals surface area (Å²) in [4.78, 5) is 0. The summed E-state index contributed by atoms with van der Waals surface area (Å²) in [5.74, 6) is 1.81. The van der Waals surface area contributed by atoms with Crippen LogP contribution >= 0.6 is 0 Å². The predicted octanol–water partition coefficient (Wildman–Crippen LogP) is 2.96. The third kappa shape index (κ3) is 2.36. The Morgan fingerprint density at radius 3 is 2.89 bits per heavy atom. The van der Waals surface area contributed by atoms with Crippen LogP contribution in [0.4, 0.5) is 5.69 Å². The van der Waals surface area contributed by atoms with E-state index in [1.165, 1.54) is 5.56 Å². The van der Waals surface area contributed by atoms with E-state index < -0.39 is 0 Å². The Kier molecular flexibility index (Phi) is 3.03. The average molecular weight is 255 g/mol. The zero-order valence-electron chi connectivity index (χ0n) is 10.9. The van der Waals surface area contributed by atoms with E-state index in [1.807, 2.05) is 43.3 Å². The predicted molar refractivity (Wildman–Crippen MR) is 75.6 cm³/mol. The lowest BCUT2D eigenvalue weighted by atomic mass is 10.1. The van der Waals surface area contributed by atoms with Crippen LogP contribution in [-0.4, -0.2) is 12.7 Å². The summed E-state index contributed by atoms with van der Waals surface area (Å²) in [5, 5.41) is 0. The standard InChI is InChI=1S/C16H17NO2/c1-11-14(17)6-4-8-15(11)18-10-13-9-12-5-2-3-7-16(12)19-13/h2-8,13H,9-10,17H2,1H3. The topological polar surface area (TPSA) is 44.5 Å². The molecule has 0 amide bonds. The van der Waals surface area contributed by atoms with Gasteiger partial charge in [-0.05, 0) is 30.7 Å². The number of nitrogen functional groups attached to an aromatic ring is 1. The molecule has 1 aliphatic heterocycles. The van der Waals surface area contributed by atoms with Gasteiger partial charge in [0.2, 0.25) is 0 Å². The number of nitrogens with two attached hydrogens (primary N) is 1. The first-order chi connectivity index (χ1) is 9.24. The molecule has 0 spiro atoms. The van der Waals surface area contributed by atoms with Crippen LogP contribution in [0.1, 0.15) is 11.1 Å². The minimum atomic E-state index is 0.0817. The summed E-state index contributed by atoms with van der Waals surface area (Å²) in [6, 6.07) is 13.8. The summed E-state index contributed by atoms with van der Waals surface area (Å²) in [6.07, 6.45) is 0.982. The molecule has 1 aliphatic rings. The molecule has 0 aromatic heterocycles. The number of hydrogen-bond acceptors (Lipinski definition) is 3. The first kappa shape index (κ1) is 11.9. The third-order valence-corrected chi connectivity index (χ3v) is 3.46. The SMILES string of the molecule is Cc1c(N)cccc1OCC1Cc2ccccc2O1. The van der Waals surface area contributed by atoms with Crippen molar-refractivity contribution in [1.29, 1.82) is 0 Å². The third-order valence-electron chi connectivity index (χ3n) is 3.46. The molecule has 0 bridgehead atoms. The van der Waals surface area contributed by atoms with E-state index in [4.69, 9.17) is 15.2 Å². The first-order valence-electron chi connectivity index (χ1n) is 6.46. The van der Waals surface area contributed by atoms with Crippen molar-refractivity contribution in [2.75, 3.05) is 12.3 Å². The van der Waals surface area contributed by atoms with Gasteiger partial charge in [0.25, 0.3) is 0 Å². The van der Waals surface area contributed by atoms with E-state index in [9.17, 15) is 0 Å². The van der Waals surface area contributed by atoms with Gasteiger partial charge in [-0.25, -0.2) is 0 Å². The van der Waals surface area contributed by atoms with E-state index >= 15 is 0 Å². The van der Waals surface area contributed by atoms with Gasteiger partial charge < -0.3 is 15.2 Å². The Hall–Kier alpha value is -2.16. The molecule has 3 heteroatoms. The van der Waals surface area contributed by atoms with Gasteiger partial charge >= 0.3 is 0 Å². The molecule has 19 heavy (non-hydrogen) atoms. The van der Waals surface area contributed by atoms with Gasteiger partial charge in [-0.3, -0.25) is 0 Å². The molecule has 3 nitrogen and oxygen atoms in total. The number of rotatable bonds is 3. The fraction of sp³-hybridized carbons (Fsp3) is 0.250. The number of benzene rings is 2. The summed E-state index contributed by atoms with van der Waals surface area (Å²) in [5.41, 5.74) is 8.85. The fourth-order valence-electron chi connectivity index (χ4n) is 2.32. The maximum absolute atomic E-state index is 5.86. The van der Waals surface area contributed by atoms with Crippen molar-refractivity contribution in [2.45, 2.75) is 19.4 Å². The van der Waals surface area contributed by atoms with Gasteiger partial charge in [-0.2, -0.15) is 0 Å². The number of ether oxygens (including phenoxy) is 2. The van der Waals surface area contributed by atoms with E-state index in [0.29, 0.717) is 6.61 Å². The van der Waals surface area contributed by atoms with Crippen LogP contribution in [0.15, 0.2) is 42.5 Å². The van der Waals surface area contributed by atoms with Gasteiger partial charge in [0.15, 0.2) is 0 Å². The summed E-state index contributed by atoms with van der Waals surface area (Å²) >= 11 is 0. The lowest BCUT2D eigenvalue weighted by Gasteiger charge is -2.14. The van der Waals surface area contributed by atoms with Crippen LogP contribution in [0.25, 0.3) is 0 Å². The van der Waals surface area contributed by atoms with Crippen LogP contribution in [0.5, 0.6) is 11.5 Å². The molecule has 98 valence electrons. The lowest BCUT2D eigenvalue weighted by molar-refractivity contribution is 0.148. The zero-order chi connectivity index (χ0) is 13.2. The summed E-state index contributed by atoms with van der Waals surface area (Å²) < 4.78 is 11.7. The Morgan fingerprint density at radius 2 is 2.05 bits per heavy atom. The highest BCUT2D eigenvalue weighted by Crippen LogP contribution is 2.29. The van der Waals surface area contributed by atoms with Crippen molar-refractivity contribution < 1.29 is 9.47 Å². The Morgan fingerprint density at radius 1 is 1.21 bits per heavy atom. The Labute approximate surface area is 113 Å². The molecule has 1 unspecified atom stereocenters. The average Bonchev–Trinajstić information content (AvgIpc) is 2.83. The fourth-order valence-corrected chi connectivity index (χ4v) is 2.32. The normalized spacial score (nSPS) is 16.8. The van der Waals surface area contributed by atoms with Crippen molar-refractivity contribution in [3.8, 4) is 11.5 Å². The van der Waals surface area contributed by atoms with Crippen LogP contribution in [-0.2, 0) is 6.42 Å². The smallest absolute Gasteiger partial charge is 0.137 e. The molecular formula is C16H17NO2. The van der Waals surface area contributed by atoms with Gasteiger partial charge in [0, 0.05) is 17.7 Å². The van der Waals surface area contributed by atoms with Gasteiger partial charge in [-0.1, -0.05) is 24.3 Å². The molecule has 0 fully saturated rings. The second kappa shape index (κ2) is 4.84. The molecule has 0 radical (unpaired) electrons. The van der Waals surface area contributed by atoms with Gasteiger partial charge in [0.05, 0.1) is 0 Å². The van der Waals surface area contributed by atoms with E-state index in [-0.39, 0.29) is 6.10 Å². The van der Waals surface area contributed by atoms with Gasteiger partial charge in [0.1, 0.15) is 24.2 Å². The monoisotopic (exact) mass is 255 g/mol. The second-order valence-electron chi connectivity index (χ2n) is 4.83. The maximum Gasteiger partial charge on any atom is 0.137 e. The molecule has 0 aliphatic carbocycles. The van der Waals surface area contributed by atoms with Crippen molar-refractivity contribution in [3.63, 3.8) is 0 Å².